The van der Waals surface area contributed by atoms with Gasteiger partial charge in [0.2, 0.25) is 0 Å². The molecular formula is C34H27N5O2. The lowest BCUT2D eigenvalue weighted by Crippen LogP contribution is -2.46. The van der Waals surface area contributed by atoms with E-state index in [1.54, 1.807) is 0 Å². The number of hydrogen-bond acceptors (Lipinski definition) is 3. The Labute approximate surface area is 237 Å². The first-order chi connectivity index (χ1) is 20.1. The quantitative estimate of drug-likeness (QED) is 0.282. The van der Waals surface area contributed by atoms with Crippen LogP contribution in [0.15, 0.2) is 97.1 Å². The highest BCUT2D eigenvalue weighted by Crippen LogP contribution is 2.28. The zero-order valence-electron chi connectivity index (χ0n) is 22.3. The lowest BCUT2D eigenvalue weighted by Gasteiger charge is -2.33. The Morgan fingerprint density at radius 1 is 0.902 bits per heavy atom. The first-order valence-corrected chi connectivity index (χ1v) is 13.7. The predicted molar refractivity (Wildman–Crippen MR) is 159 cm³/mol. The molecule has 41 heavy (non-hydrogen) atoms. The standard InChI is InChI=1S/C34H27N5O2/c40-33(38-19-18-27(22-38)39-21-26-11-5-7-13-30(26)35-34(39)41)25-15-17-32-29(20-25)31(36-37-32)16-14-24-10-4-6-12-28(24)23-8-2-1-3-9-23/h1-13,15,17,20,27H,18-19,21-22H2,(H,35,41)(H,36,37)/t27-/m0/s1. The predicted octanol–water partition coefficient (Wildman–Crippen LogP) is 5.89. The molecule has 2 aliphatic rings. The number of carbonyl (C=O) groups excluding carboxylic acids is 2. The Hall–Kier alpha value is -5.35. The third kappa shape index (κ3) is 4.70. The van der Waals surface area contributed by atoms with Gasteiger partial charge in [-0.1, -0.05) is 72.7 Å². The molecule has 0 bridgehead atoms. The Kier molecular flexibility index (Phi) is 6.21. The fraction of sp³-hybridized carbons (Fsp3) is 0.147. The molecule has 7 nitrogen and oxygen atoms in total. The van der Waals surface area contributed by atoms with Crippen LogP contribution in [0.25, 0.3) is 22.0 Å². The van der Waals surface area contributed by atoms with Crippen molar-refractivity contribution in [1.82, 2.24) is 20.0 Å². The fourth-order valence-electron chi connectivity index (χ4n) is 5.71. The van der Waals surface area contributed by atoms with E-state index >= 15 is 0 Å². The topological polar surface area (TPSA) is 81.3 Å². The first-order valence-electron chi connectivity index (χ1n) is 13.7. The first kappa shape index (κ1) is 24.7. The number of nitrogens with zero attached hydrogens (tertiary/aromatic N) is 3. The number of fused-ring (bicyclic) bond motifs is 2. The molecule has 7 rings (SSSR count). The number of amides is 3. The average molecular weight is 538 g/mol. The molecule has 5 aromatic rings. The maximum Gasteiger partial charge on any atom is 0.322 e. The molecule has 0 spiro atoms. The molecule has 2 aliphatic heterocycles. The van der Waals surface area contributed by atoms with Crippen LogP contribution >= 0.6 is 0 Å². The van der Waals surface area contributed by atoms with Crippen LogP contribution in [0.4, 0.5) is 10.5 Å². The van der Waals surface area contributed by atoms with Crippen molar-refractivity contribution in [2.24, 2.45) is 0 Å². The molecular weight excluding hydrogens is 510 g/mol. The van der Waals surface area contributed by atoms with Crippen molar-refractivity contribution in [1.29, 1.82) is 0 Å². The smallest absolute Gasteiger partial charge is 0.322 e. The van der Waals surface area contributed by atoms with Gasteiger partial charge in [-0.05, 0) is 59.4 Å². The number of hydrogen-bond donors (Lipinski definition) is 2. The van der Waals surface area contributed by atoms with E-state index in [0.717, 1.165) is 45.3 Å². The van der Waals surface area contributed by atoms with Gasteiger partial charge in [-0.25, -0.2) is 4.79 Å². The minimum absolute atomic E-state index is 0.0314. The highest BCUT2D eigenvalue weighted by Gasteiger charge is 2.35. The van der Waals surface area contributed by atoms with Crippen molar-refractivity contribution in [2.45, 2.75) is 19.0 Å². The van der Waals surface area contributed by atoms with Gasteiger partial charge >= 0.3 is 6.03 Å². The van der Waals surface area contributed by atoms with Gasteiger partial charge in [-0.2, -0.15) is 5.10 Å². The van der Waals surface area contributed by atoms with Crippen LogP contribution in [0.3, 0.4) is 0 Å². The van der Waals surface area contributed by atoms with Gasteiger partial charge in [-0.15, -0.1) is 0 Å². The lowest BCUT2D eigenvalue weighted by atomic mass is 10.00. The molecule has 0 saturated carbocycles. The normalized spacial score (nSPS) is 16.2. The van der Waals surface area contributed by atoms with Crippen LogP contribution in [-0.4, -0.2) is 51.1 Å². The van der Waals surface area contributed by atoms with Crippen molar-refractivity contribution >= 4 is 28.5 Å². The van der Waals surface area contributed by atoms with Gasteiger partial charge in [0.1, 0.15) is 5.69 Å². The van der Waals surface area contributed by atoms with Crippen molar-refractivity contribution in [2.75, 3.05) is 18.4 Å². The van der Waals surface area contributed by atoms with Gasteiger partial charge in [0.15, 0.2) is 0 Å². The number of aromatic amines is 1. The molecule has 4 aromatic carbocycles. The van der Waals surface area contributed by atoms with Crippen LogP contribution in [0, 0.1) is 11.8 Å². The summed E-state index contributed by atoms with van der Waals surface area (Å²) in [6, 6.07) is 31.5. The molecule has 200 valence electrons. The molecule has 1 saturated heterocycles. The molecule has 0 aliphatic carbocycles. The highest BCUT2D eigenvalue weighted by atomic mass is 16.2. The summed E-state index contributed by atoms with van der Waals surface area (Å²) in [5, 5.41) is 11.3. The molecule has 0 unspecified atom stereocenters. The maximum absolute atomic E-state index is 13.6. The molecule has 3 amide bonds. The minimum Gasteiger partial charge on any atom is -0.337 e. The van der Waals surface area contributed by atoms with Crippen molar-refractivity contribution in [3.05, 3.63) is 119 Å². The number of nitrogens with one attached hydrogen (secondary N) is 2. The highest BCUT2D eigenvalue weighted by molar-refractivity contribution is 5.99. The minimum atomic E-state index is -0.111. The second-order valence-corrected chi connectivity index (χ2v) is 10.4. The SMILES string of the molecule is O=C(c1ccc2[nH]nc(C#Cc3ccccc3-c3ccccc3)c2c1)N1CC[C@H](N2Cc3ccccc3NC2=O)C1. The van der Waals surface area contributed by atoms with E-state index in [1.165, 1.54) is 0 Å². The zero-order chi connectivity index (χ0) is 27.8. The van der Waals surface area contributed by atoms with E-state index in [1.807, 2.05) is 88.7 Å². The summed E-state index contributed by atoms with van der Waals surface area (Å²) in [5.74, 6) is 6.46. The van der Waals surface area contributed by atoms with Gasteiger partial charge < -0.3 is 15.1 Å². The summed E-state index contributed by atoms with van der Waals surface area (Å²) < 4.78 is 0. The monoisotopic (exact) mass is 537 g/mol. The second-order valence-electron chi connectivity index (χ2n) is 10.4. The third-order valence-electron chi connectivity index (χ3n) is 7.89. The summed E-state index contributed by atoms with van der Waals surface area (Å²) in [7, 11) is 0. The summed E-state index contributed by atoms with van der Waals surface area (Å²) in [6.45, 7) is 1.65. The average Bonchev–Trinajstić information content (AvgIpc) is 3.67. The zero-order valence-corrected chi connectivity index (χ0v) is 22.3. The number of anilines is 1. The molecule has 7 heteroatoms. The summed E-state index contributed by atoms with van der Waals surface area (Å²) in [5.41, 5.74) is 7.02. The summed E-state index contributed by atoms with van der Waals surface area (Å²) in [4.78, 5) is 30.0. The van der Waals surface area contributed by atoms with Crippen LogP contribution in [0.2, 0.25) is 0 Å². The maximum atomic E-state index is 13.6. The molecule has 1 fully saturated rings. The van der Waals surface area contributed by atoms with E-state index in [0.29, 0.717) is 30.9 Å². The number of para-hydroxylation sites is 1. The molecule has 1 atom stereocenters. The van der Waals surface area contributed by atoms with E-state index in [-0.39, 0.29) is 18.0 Å². The van der Waals surface area contributed by atoms with Crippen LogP contribution < -0.4 is 5.32 Å². The number of H-pyrrole nitrogens is 1. The Morgan fingerprint density at radius 3 is 2.61 bits per heavy atom. The fourth-order valence-corrected chi connectivity index (χ4v) is 5.71. The number of benzene rings is 4. The summed E-state index contributed by atoms with van der Waals surface area (Å²) in [6.07, 6.45) is 0.743. The largest absolute Gasteiger partial charge is 0.337 e. The Balaban J connectivity index is 1.11. The number of rotatable bonds is 3. The molecule has 3 heterocycles. The van der Waals surface area contributed by atoms with Gasteiger partial charge in [0.25, 0.3) is 5.91 Å². The van der Waals surface area contributed by atoms with Gasteiger partial charge in [0.05, 0.1) is 11.6 Å². The third-order valence-corrected chi connectivity index (χ3v) is 7.89. The summed E-state index contributed by atoms with van der Waals surface area (Å²) >= 11 is 0. The van der Waals surface area contributed by atoms with Crippen LogP contribution in [0.5, 0.6) is 0 Å². The van der Waals surface area contributed by atoms with Gasteiger partial charge in [0, 0.05) is 41.8 Å². The molecule has 1 aromatic heterocycles. The second kappa shape index (κ2) is 10.3. The van der Waals surface area contributed by atoms with E-state index < -0.39 is 0 Å². The lowest BCUT2D eigenvalue weighted by molar-refractivity contribution is 0.0780. The van der Waals surface area contributed by atoms with Gasteiger partial charge in [-0.3, -0.25) is 9.89 Å². The molecule has 0 radical (unpaired) electrons. The number of aromatic nitrogens is 2. The number of carbonyl (C=O) groups is 2. The van der Waals surface area contributed by atoms with Crippen molar-refractivity contribution in [3.63, 3.8) is 0 Å². The van der Waals surface area contributed by atoms with E-state index in [2.05, 4.69) is 45.6 Å². The number of urea groups is 1. The molecule has 2 N–H and O–H groups in total. The van der Waals surface area contributed by atoms with Crippen molar-refractivity contribution in [3.8, 4) is 23.0 Å². The van der Waals surface area contributed by atoms with E-state index in [4.69, 9.17) is 0 Å². The van der Waals surface area contributed by atoms with Crippen molar-refractivity contribution < 1.29 is 9.59 Å². The van der Waals surface area contributed by atoms with Crippen LogP contribution in [-0.2, 0) is 6.54 Å². The number of likely N-dealkylation sites (tertiary alicyclic amines) is 1. The Bertz CT molecular complexity index is 1850. The van der Waals surface area contributed by atoms with Crippen LogP contribution in [0.1, 0.15) is 33.6 Å². The van der Waals surface area contributed by atoms with E-state index in [9.17, 15) is 9.59 Å². The Morgan fingerprint density at radius 2 is 1.71 bits per heavy atom.